The van der Waals surface area contributed by atoms with E-state index < -0.39 is 28.0 Å². The van der Waals surface area contributed by atoms with Crippen LogP contribution in [0.25, 0.3) is 0 Å². The Morgan fingerprint density at radius 1 is 1.47 bits per heavy atom. The molecule has 0 N–H and O–H groups in total. The maximum absolute atomic E-state index is 13.0. The van der Waals surface area contributed by atoms with Crippen molar-refractivity contribution in [3.8, 4) is 18.1 Å². The molecule has 0 aromatic heterocycles. The maximum atomic E-state index is 13.0. The topological polar surface area (TPSA) is 52.4 Å². The van der Waals surface area contributed by atoms with Crippen LogP contribution < -0.4 is 4.74 Å². The number of nitrogens with zero attached hydrogens (tertiary/aromatic N) is 1. The molecule has 0 heterocycles. The largest absolute Gasteiger partial charge is 0.478 e. The molecule has 0 saturated carbocycles. The van der Waals surface area contributed by atoms with E-state index in [-0.39, 0.29) is 6.61 Å². The fraction of sp³-hybridized carbons (Fsp3) is 0.111. The molecule has 1 rings (SSSR count). The Labute approximate surface area is 83.6 Å². The van der Waals surface area contributed by atoms with Gasteiger partial charge in [0.25, 0.3) is 0 Å². The highest BCUT2D eigenvalue weighted by Gasteiger charge is 2.18. The molecule has 6 heteroatoms. The average molecular weight is 213 g/mol. The first-order valence-electron chi connectivity index (χ1n) is 3.76. The van der Waals surface area contributed by atoms with Gasteiger partial charge in [0, 0.05) is 6.07 Å². The van der Waals surface area contributed by atoms with Gasteiger partial charge in [-0.15, -0.1) is 6.42 Å². The average Bonchev–Trinajstić information content (AvgIpc) is 2.18. The summed E-state index contributed by atoms with van der Waals surface area (Å²) in [6.07, 6.45) is 4.84. The zero-order valence-corrected chi connectivity index (χ0v) is 7.37. The molecule has 0 aliphatic rings. The number of halogens is 2. The summed E-state index contributed by atoms with van der Waals surface area (Å²) in [5.74, 6) is -0.595. The second-order valence-electron chi connectivity index (χ2n) is 2.48. The van der Waals surface area contributed by atoms with Crippen molar-refractivity contribution in [1.29, 1.82) is 0 Å². The summed E-state index contributed by atoms with van der Waals surface area (Å²) in [4.78, 5) is 9.20. The number of ether oxygens (including phenoxy) is 1. The Kier molecular flexibility index (Phi) is 3.18. The Morgan fingerprint density at radius 2 is 2.13 bits per heavy atom. The third-order valence-electron chi connectivity index (χ3n) is 1.51. The van der Waals surface area contributed by atoms with E-state index >= 15 is 0 Å². The Hall–Kier alpha value is -2.16. The van der Waals surface area contributed by atoms with Gasteiger partial charge in [-0.25, -0.2) is 4.39 Å². The van der Waals surface area contributed by atoms with Crippen molar-refractivity contribution in [3.05, 3.63) is 33.9 Å². The Bertz CT molecular complexity index is 440. The summed E-state index contributed by atoms with van der Waals surface area (Å²) in [6.45, 7) is -0.242. The van der Waals surface area contributed by atoms with Crippen LogP contribution in [0.3, 0.4) is 0 Å². The van der Waals surface area contributed by atoms with E-state index in [1.54, 1.807) is 0 Å². The van der Waals surface area contributed by atoms with Crippen LogP contribution in [0.4, 0.5) is 14.5 Å². The number of hydrogen-bond donors (Lipinski definition) is 0. The minimum absolute atomic E-state index is 0.242. The maximum Gasteiger partial charge on any atom is 0.307 e. The van der Waals surface area contributed by atoms with Crippen LogP contribution >= 0.6 is 0 Å². The second kappa shape index (κ2) is 4.37. The SMILES string of the molecule is C#CCOc1cc(F)c([N+](=O)[O-])cc1F. The van der Waals surface area contributed by atoms with Crippen molar-refractivity contribution >= 4 is 5.69 Å². The molecule has 4 nitrogen and oxygen atoms in total. The van der Waals surface area contributed by atoms with Crippen molar-refractivity contribution in [2.75, 3.05) is 6.61 Å². The number of rotatable bonds is 3. The monoisotopic (exact) mass is 213 g/mol. The van der Waals surface area contributed by atoms with E-state index in [1.807, 2.05) is 0 Å². The smallest absolute Gasteiger partial charge is 0.307 e. The third-order valence-corrected chi connectivity index (χ3v) is 1.51. The first kappa shape index (κ1) is 10.9. The first-order chi connectivity index (χ1) is 7.06. The Morgan fingerprint density at radius 3 is 2.67 bits per heavy atom. The summed E-state index contributed by atoms with van der Waals surface area (Å²) < 4.78 is 30.6. The molecule has 15 heavy (non-hydrogen) atoms. The first-order valence-corrected chi connectivity index (χ1v) is 3.76. The van der Waals surface area contributed by atoms with E-state index in [9.17, 15) is 18.9 Å². The molecular weight excluding hydrogens is 208 g/mol. The van der Waals surface area contributed by atoms with E-state index in [1.165, 1.54) is 0 Å². The number of nitro benzene ring substituents is 1. The van der Waals surface area contributed by atoms with Crippen molar-refractivity contribution in [2.45, 2.75) is 0 Å². The van der Waals surface area contributed by atoms with Crippen LogP contribution in [0.5, 0.6) is 5.75 Å². The third kappa shape index (κ3) is 2.40. The summed E-state index contributed by atoms with van der Waals surface area (Å²) in [7, 11) is 0. The highest BCUT2D eigenvalue weighted by atomic mass is 19.1. The lowest BCUT2D eigenvalue weighted by Gasteiger charge is -2.03. The summed E-state index contributed by atoms with van der Waals surface area (Å²) in [6, 6.07) is 1.03. The lowest BCUT2D eigenvalue weighted by molar-refractivity contribution is -0.387. The van der Waals surface area contributed by atoms with E-state index in [4.69, 9.17) is 6.42 Å². The van der Waals surface area contributed by atoms with Crippen molar-refractivity contribution < 1.29 is 18.4 Å². The molecule has 0 spiro atoms. The van der Waals surface area contributed by atoms with Gasteiger partial charge >= 0.3 is 5.69 Å². The minimum atomic E-state index is -1.17. The second-order valence-corrected chi connectivity index (χ2v) is 2.48. The molecule has 0 unspecified atom stereocenters. The van der Waals surface area contributed by atoms with Crippen molar-refractivity contribution in [3.63, 3.8) is 0 Å². The molecule has 0 aliphatic heterocycles. The van der Waals surface area contributed by atoms with Crippen LogP contribution in [-0.4, -0.2) is 11.5 Å². The van der Waals surface area contributed by atoms with Gasteiger partial charge in [0.15, 0.2) is 11.6 Å². The number of benzene rings is 1. The number of terminal acetylenes is 1. The predicted octanol–water partition coefficient (Wildman–Crippen LogP) is 1.89. The van der Waals surface area contributed by atoms with E-state index in [0.29, 0.717) is 12.1 Å². The molecule has 0 saturated heterocycles. The number of hydrogen-bond acceptors (Lipinski definition) is 3. The molecule has 0 amide bonds. The van der Waals surface area contributed by atoms with E-state index in [2.05, 4.69) is 10.7 Å². The molecule has 0 atom stereocenters. The predicted molar refractivity (Wildman–Crippen MR) is 47.3 cm³/mol. The molecule has 1 aromatic carbocycles. The van der Waals surface area contributed by atoms with Crippen molar-refractivity contribution in [2.24, 2.45) is 0 Å². The molecule has 78 valence electrons. The Balaban J connectivity index is 3.09. The quantitative estimate of drug-likeness (QED) is 0.437. The molecule has 0 radical (unpaired) electrons. The summed E-state index contributed by atoms with van der Waals surface area (Å²) in [5.41, 5.74) is -0.944. The van der Waals surface area contributed by atoms with Crippen LogP contribution in [-0.2, 0) is 0 Å². The zero-order chi connectivity index (χ0) is 11.4. The van der Waals surface area contributed by atoms with Gasteiger partial charge in [-0.1, -0.05) is 5.92 Å². The van der Waals surface area contributed by atoms with Gasteiger partial charge in [-0.3, -0.25) is 10.1 Å². The van der Waals surface area contributed by atoms with Crippen LogP contribution in [0.15, 0.2) is 12.1 Å². The van der Waals surface area contributed by atoms with Crippen LogP contribution in [0.1, 0.15) is 0 Å². The number of nitro groups is 1. The molecule has 1 aromatic rings. The summed E-state index contributed by atoms with van der Waals surface area (Å²) in [5, 5.41) is 10.2. The van der Waals surface area contributed by atoms with Gasteiger partial charge < -0.3 is 4.74 Å². The molecular formula is C9H5F2NO3. The van der Waals surface area contributed by atoms with E-state index in [0.717, 1.165) is 0 Å². The molecule has 0 fully saturated rings. The minimum Gasteiger partial charge on any atom is -0.478 e. The van der Waals surface area contributed by atoms with Crippen LogP contribution in [0, 0.1) is 34.1 Å². The fourth-order valence-corrected chi connectivity index (χ4v) is 0.888. The standard InChI is InChI=1S/C9H5F2NO3/c1-2-3-15-9-5-6(10)8(12(13)14)4-7(9)11/h1,4-5H,3H2. The van der Waals surface area contributed by atoms with Crippen molar-refractivity contribution in [1.82, 2.24) is 0 Å². The highest BCUT2D eigenvalue weighted by Crippen LogP contribution is 2.26. The zero-order valence-electron chi connectivity index (χ0n) is 7.37. The molecule has 0 bridgehead atoms. The highest BCUT2D eigenvalue weighted by molar-refractivity contribution is 5.39. The lowest BCUT2D eigenvalue weighted by Crippen LogP contribution is -2.00. The normalized spacial score (nSPS) is 9.40. The molecule has 0 aliphatic carbocycles. The van der Waals surface area contributed by atoms with Gasteiger partial charge in [0.1, 0.15) is 6.61 Å². The van der Waals surface area contributed by atoms with Gasteiger partial charge in [-0.2, -0.15) is 4.39 Å². The van der Waals surface area contributed by atoms with Crippen LogP contribution in [0.2, 0.25) is 0 Å². The van der Waals surface area contributed by atoms with Gasteiger partial charge in [0.2, 0.25) is 5.82 Å². The van der Waals surface area contributed by atoms with Gasteiger partial charge in [0.05, 0.1) is 11.0 Å². The fourth-order valence-electron chi connectivity index (χ4n) is 0.888. The summed E-state index contributed by atoms with van der Waals surface area (Å²) >= 11 is 0. The van der Waals surface area contributed by atoms with Gasteiger partial charge in [-0.05, 0) is 0 Å². The lowest BCUT2D eigenvalue weighted by atomic mass is 10.3.